The number of hydrogen-bond donors (Lipinski definition) is 2. The van der Waals surface area contributed by atoms with E-state index in [1.54, 1.807) is 24.3 Å². The second-order valence-corrected chi connectivity index (χ2v) is 2.92. The lowest BCUT2D eigenvalue weighted by molar-refractivity contribution is 0.102. The molecule has 1 heterocycles. The number of nitrogens with zero attached hydrogens (tertiary/aromatic N) is 1. The molecule has 15 heavy (non-hydrogen) atoms. The van der Waals surface area contributed by atoms with Crippen LogP contribution in [0.15, 0.2) is 41.3 Å². The summed E-state index contributed by atoms with van der Waals surface area (Å²) in [4.78, 5) is 15.3. The second kappa shape index (κ2) is 3.83. The van der Waals surface area contributed by atoms with Crippen molar-refractivity contribution >= 4 is 17.3 Å². The summed E-state index contributed by atoms with van der Waals surface area (Å²) in [7, 11) is 0. The number of nitrogens with two attached hydrogens (primary N) is 1. The molecule has 0 aliphatic heterocycles. The predicted molar refractivity (Wildman–Crippen MR) is 55.3 cm³/mol. The molecule has 1 aromatic heterocycles. The summed E-state index contributed by atoms with van der Waals surface area (Å²) in [6.07, 6.45) is 2.47. The average molecular weight is 203 g/mol. The van der Waals surface area contributed by atoms with E-state index in [1.165, 1.54) is 12.7 Å². The standard InChI is InChI=1S/C10H9N3O2/c11-7-3-1-2-4-8(7)13-10(14)9-5-15-6-12-9/h1-6H,11H2,(H,13,14). The SMILES string of the molecule is Nc1ccccc1NC(=O)c1cocn1. The molecule has 2 aromatic rings. The highest BCUT2D eigenvalue weighted by atomic mass is 16.3. The van der Waals surface area contributed by atoms with Gasteiger partial charge in [-0.15, -0.1) is 0 Å². The third kappa shape index (κ3) is 1.96. The van der Waals surface area contributed by atoms with Gasteiger partial charge in [0.15, 0.2) is 12.1 Å². The molecule has 0 aliphatic rings. The zero-order valence-corrected chi connectivity index (χ0v) is 7.81. The Labute approximate surface area is 85.9 Å². The summed E-state index contributed by atoms with van der Waals surface area (Å²) < 4.78 is 4.70. The normalized spacial score (nSPS) is 9.87. The number of benzene rings is 1. The molecule has 1 amide bonds. The molecule has 1 aromatic carbocycles. The largest absolute Gasteiger partial charge is 0.451 e. The van der Waals surface area contributed by atoms with Crippen LogP contribution in [0.5, 0.6) is 0 Å². The van der Waals surface area contributed by atoms with Gasteiger partial charge in [-0.2, -0.15) is 0 Å². The number of anilines is 2. The Morgan fingerprint density at radius 1 is 1.40 bits per heavy atom. The molecule has 0 saturated carbocycles. The van der Waals surface area contributed by atoms with Crippen LogP contribution in [-0.2, 0) is 0 Å². The Morgan fingerprint density at radius 3 is 2.87 bits per heavy atom. The first-order valence-corrected chi connectivity index (χ1v) is 4.31. The molecule has 0 bridgehead atoms. The van der Waals surface area contributed by atoms with Crippen molar-refractivity contribution in [3.63, 3.8) is 0 Å². The third-order valence-corrected chi connectivity index (χ3v) is 1.87. The van der Waals surface area contributed by atoms with Gasteiger partial charge in [0.2, 0.25) is 0 Å². The summed E-state index contributed by atoms with van der Waals surface area (Å²) in [6, 6.07) is 7.00. The van der Waals surface area contributed by atoms with E-state index in [0.717, 1.165) is 0 Å². The lowest BCUT2D eigenvalue weighted by atomic mass is 10.2. The number of para-hydroxylation sites is 2. The van der Waals surface area contributed by atoms with Crippen LogP contribution >= 0.6 is 0 Å². The fourth-order valence-electron chi connectivity index (χ4n) is 1.12. The van der Waals surface area contributed by atoms with Crippen molar-refractivity contribution in [2.24, 2.45) is 0 Å². The Hall–Kier alpha value is -2.30. The number of oxazole rings is 1. The van der Waals surface area contributed by atoms with Crippen LogP contribution in [-0.4, -0.2) is 10.9 Å². The van der Waals surface area contributed by atoms with Gasteiger partial charge in [-0.3, -0.25) is 4.79 Å². The van der Waals surface area contributed by atoms with Crippen molar-refractivity contribution < 1.29 is 9.21 Å². The average Bonchev–Trinajstić information content (AvgIpc) is 2.74. The van der Waals surface area contributed by atoms with Crippen LogP contribution in [0.3, 0.4) is 0 Å². The van der Waals surface area contributed by atoms with E-state index in [-0.39, 0.29) is 11.6 Å². The summed E-state index contributed by atoms with van der Waals surface area (Å²) in [5, 5.41) is 2.63. The molecular formula is C10H9N3O2. The number of hydrogen-bond acceptors (Lipinski definition) is 4. The van der Waals surface area contributed by atoms with Crippen LogP contribution in [0.4, 0.5) is 11.4 Å². The quantitative estimate of drug-likeness (QED) is 0.725. The zero-order chi connectivity index (χ0) is 10.7. The van der Waals surface area contributed by atoms with Gasteiger partial charge >= 0.3 is 0 Å². The van der Waals surface area contributed by atoms with Crippen molar-refractivity contribution in [1.29, 1.82) is 0 Å². The summed E-state index contributed by atoms with van der Waals surface area (Å²) >= 11 is 0. The van der Waals surface area contributed by atoms with Gasteiger partial charge in [0.25, 0.3) is 5.91 Å². The smallest absolute Gasteiger partial charge is 0.277 e. The van der Waals surface area contributed by atoms with Gasteiger partial charge < -0.3 is 15.5 Å². The van der Waals surface area contributed by atoms with Gasteiger partial charge in [-0.05, 0) is 12.1 Å². The highest BCUT2D eigenvalue weighted by molar-refractivity contribution is 6.04. The maximum Gasteiger partial charge on any atom is 0.277 e. The highest BCUT2D eigenvalue weighted by Gasteiger charge is 2.09. The molecule has 5 nitrogen and oxygen atoms in total. The minimum absolute atomic E-state index is 0.221. The molecule has 0 fully saturated rings. The maximum atomic E-state index is 11.5. The lowest BCUT2D eigenvalue weighted by Gasteiger charge is -2.05. The van der Waals surface area contributed by atoms with Crippen molar-refractivity contribution in [3.8, 4) is 0 Å². The van der Waals surface area contributed by atoms with Crippen LogP contribution in [0, 0.1) is 0 Å². The first-order chi connectivity index (χ1) is 7.27. The Kier molecular flexibility index (Phi) is 2.37. The number of aromatic nitrogens is 1. The van der Waals surface area contributed by atoms with E-state index >= 15 is 0 Å². The van der Waals surface area contributed by atoms with Gasteiger partial charge in [0, 0.05) is 0 Å². The Balaban J connectivity index is 2.17. The lowest BCUT2D eigenvalue weighted by Crippen LogP contribution is -2.13. The number of carbonyl (C=O) groups excluding carboxylic acids is 1. The van der Waals surface area contributed by atoms with Gasteiger partial charge in [-0.25, -0.2) is 4.98 Å². The number of nitrogen functional groups attached to an aromatic ring is 1. The molecule has 0 unspecified atom stereocenters. The maximum absolute atomic E-state index is 11.5. The molecule has 5 heteroatoms. The van der Waals surface area contributed by atoms with Gasteiger partial charge in [0.05, 0.1) is 11.4 Å². The molecule has 0 aliphatic carbocycles. The number of amides is 1. The monoisotopic (exact) mass is 203 g/mol. The van der Waals surface area contributed by atoms with Crippen LogP contribution < -0.4 is 11.1 Å². The first-order valence-electron chi connectivity index (χ1n) is 4.31. The van der Waals surface area contributed by atoms with Crippen molar-refractivity contribution in [2.45, 2.75) is 0 Å². The zero-order valence-electron chi connectivity index (χ0n) is 7.81. The molecule has 0 radical (unpaired) electrons. The fourth-order valence-corrected chi connectivity index (χ4v) is 1.12. The minimum atomic E-state index is -0.346. The number of rotatable bonds is 2. The summed E-state index contributed by atoms with van der Waals surface area (Å²) in [6.45, 7) is 0. The predicted octanol–water partition coefficient (Wildman–Crippen LogP) is 1.51. The van der Waals surface area contributed by atoms with E-state index in [0.29, 0.717) is 11.4 Å². The van der Waals surface area contributed by atoms with Crippen LogP contribution in [0.25, 0.3) is 0 Å². The summed E-state index contributed by atoms with van der Waals surface area (Å²) in [5.74, 6) is -0.346. The molecule has 3 N–H and O–H groups in total. The van der Waals surface area contributed by atoms with Crippen molar-refractivity contribution in [3.05, 3.63) is 42.6 Å². The molecule has 76 valence electrons. The van der Waals surface area contributed by atoms with E-state index < -0.39 is 0 Å². The minimum Gasteiger partial charge on any atom is -0.451 e. The fraction of sp³-hybridized carbons (Fsp3) is 0. The van der Waals surface area contributed by atoms with E-state index in [1.807, 2.05) is 0 Å². The number of carbonyl (C=O) groups is 1. The molecule has 2 rings (SSSR count). The number of nitrogens with one attached hydrogen (secondary N) is 1. The topological polar surface area (TPSA) is 81.1 Å². The summed E-state index contributed by atoms with van der Waals surface area (Å²) in [5.41, 5.74) is 6.95. The molecule has 0 atom stereocenters. The van der Waals surface area contributed by atoms with Crippen LogP contribution in [0.1, 0.15) is 10.5 Å². The van der Waals surface area contributed by atoms with E-state index in [9.17, 15) is 4.79 Å². The Morgan fingerprint density at radius 2 is 2.20 bits per heavy atom. The molecule has 0 saturated heterocycles. The van der Waals surface area contributed by atoms with E-state index in [4.69, 9.17) is 10.2 Å². The third-order valence-electron chi connectivity index (χ3n) is 1.87. The van der Waals surface area contributed by atoms with Gasteiger partial charge in [0.1, 0.15) is 6.26 Å². The van der Waals surface area contributed by atoms with E-state index in [2.05, 4.69) is 10.3 Å². The van der Waals surface area contributed by atoms with Crippen LogP contribution in [0.2, 0.25) is 0 Å². The molecular weight excluding hydrogens is 194 g/mol. The van der Waals surface area contributed by atoms with Gasteiger partial charge in [-0.1, -0.05) is 12.1 Å². The van der Waals surface area contributed by atoms with Crippen molar-refractivity contribution in [2.75, 3.05) is 11.1 Å². The second-order valence-electron chi connectivity index (χ2n) is 2.92. The molecule has 0 spiro atoms. The first kappa shape index (κ1) is 9.26. The highest BCUT2D eigenvalue weighted by Crippen LogP contribution is 2.17. The Bertz CT molecular complexity index is 465. The van der Waals surface area contributed by atoms with Crippen molar-refractivity contribution in [1.82, 2.24) is 4.98 Å².